The lowest BCUT2D eigenvalue weighted by atomic mass is 9.97. The number of imidazole rings is 1. The minimum atomic E-state index is -3.60. The molecule has 1 aromatic heterocycles. The summed E-state index contributed by atoms with van der Waals surface area (Å²) in [6.45, 7) is 2.33. The quantitative estimate of drug-likeness (QED) is 0.626. The van der Waals surface area contributed by atoms with Gasteiger partial charge in [-0.2, -0.15) is 4.31 Å². The summed E-state index contributed by atoms with van der Waals surface area (Å²) in [6.07, 6.45) is 6.49. The summed E-state index contributed by atoms with van der Waals surface area (Å²) in [6, 6.07) is 5.70. The zero-order valence-electron chi connectivity index (χ0n) is 18.6. The van der Waals surface area contributed by atoms with Crippen molar-refractivity contribution >= 4 is 15.9 Å². The largest absolute Gasteiger partial charge is 0.497 e. The van der Waals surface area contributed by atoms with Crippen molar-refractivity contribution < 1.29 is 22.7 Å². The van der Waals surface area contributed by atoms with Gasteiger partial charge in [0.15, 0.2) is 5.03 Å². The van der Waals surface area contributed by atoms with Crippen molar-refractivity contribution in [2.24, 2.45) is 0 Å². The number of hydrogen-bond donors (Lipinski definition) is 0. The van der Waals surface area contributed by atoms with E-state index in [-0.39, 0.29) is 23.4 Å². The predicted molar refractivity (Wildman–Crippen MR) is 118 cm³/mol. The highest BCUT2D eigenvalue weighted by molar-refractivity contribution is 7.89. The van der Waals surface area contributed by atoms with Gasteiger partial charge in [0.05, 0.1) is 20.5 Å². The molecule has 0 saturated carbocycles. The second-order valence-electron chi connectivity index (χ2n) is 8.28. The lowest BCUT2D eigenvalue weighted by Crippen LogP contribution is -2.35. The number of amides is 1. The van der Waals surface area contributed by atoms with Gasteiger partial charge in [-0.1, -0.05) is 6.42 Å². The molecule has 0 bridgehead atoms. The van der Waals surface area contributed by atoms with Crippen LogP contribution in [0.25, 0.3) is 0 Å². The fourth-order valence-corrected chi connectivity index (χ4v) is 5.90. The second kappa shape index (κ2) is 9.50. The van der Waals surface area contributed by atoms with Gasteiger partial charge in [0.2, 0.25) is 5.91 Å². The van der Waals surface area contributed by atoms with Gasteiger partial charge in [0, 0.05) is 43.9 Å². The zero-order valence-corrected chi connectivity index (χ0v) is 19.4. The molecular weight excluding hydrogens is 432 g/mol. The van der Waals surface area contributed by atoms with Crippen molar-refractivity contribution in [3.05, 3.63) is 36.3 Å². The van der Waals surface area contributed by atoms with Crippen LogP contribution in [-0.4, -0.2) is 73.5 Å². The topological polar surface area (TPSA) is 94.0 Å². The molecule has 174 valence electrons. The monoisotopic (exact) mass is 462 g/mol. The normalized spacial score (nSPS) is 19.8. The molecule has 2 saturated heterocycles. The van der Waals surface area contributed by atoms with Gasteiger partial charge in [-0.3, -0.25) is 4.79 Å². The fraction of sp³-hybridized carbons (Fsp3) is 0.545. The van der Waals surface area contributed by atoms with Gasteiger partial charge in [-0.05, 0) is 37.5 Å². The van der Waals surface area contributed by atoms with Gasteiger partial charge in [-0.25, -0.2) is 13.4 Å². The molecule has 0 radical (unpaired) electrons. The number of likely N-dealkylation sites (tertiary alicyclic amines) is 1. The number of carbonyl (C=O) groups excluding carboxylic acids is 1. The van der Waals surface area contributed by atoms with E-state index >= 15 is 0 Å². The Labute approximate surface area is 189 Å². The van der Waals surface area contributed by atoms with Crippen LogP contribution in [0.3, 0.4) is 0 Å². The molecule has 0 aliphatic carbocycles. The smallest absolute Gasteiger partial charge is 0.262 e. The molecule has 1 aromatic carbocycles. The zero-order chi connectivity index (χ0) is 22.7. The number of rotatable bonds is 7. The highest BCUT2D eigenvalue weighted by Gasteiger charge is 2.31. The number of ether oxygens (including phenoxy) is 2. The third kappa shape index (κ3) is 4.61. The van der Waals surface area contributed by atoms with Gasteiger partial charge in [0.25, 0.3) is 10.0 Å². The van der Waals surface area contributed by atoms with Crippen LogP contribution in [0.1, 0.15) is 37.2 Å². The summed E-state index contributed by atoms with van der Waals surface area (Å²) in [5.41, 5.74) is 1.03. The molecule has 1 unspecified atom stereocenters. The summed E-state index contributed by atoms with van der Waals surface area (Å²) in [7, 11) is -0.342. The molecule has 32 heavy (non-hydrogen) atoms. The minimum Gasteiger partial charge on any atom is -0.497 e. The van der Waals surface area contributed by atoms with Crippen molar-refractivity contribution in [2.45, 2.75) is 43.2 Å². The van der Waals surface area contributed by atoms with E-state index in [9.17, 15) is 13.2 Å². The number of aromatic nitrogens is 2. The maximum atomic E-state index is 12.9. The van der Waals surface area contributed by atoms with Crippen LogP contribution in [0.15, 0.2) is 35.7 Å². The predicted octanol–water partition coefficient (Wildman–Crippen LogP) is 2.09. The molecule has 10 heteroatoms. The molecule has 4 rings (SSSR count). The second-order valence-corrected chi connectivity index (χ2v) is 10.2. The molecule has 2 aliphatic rings. The molecule has 3 heterocycles. The van der Waals surface area contributed by atoms with Crippen molar-refractivity contribution in [3.8, 4) is 11.5 Å². The molecule has 2 aromatic rings. The first kappa shape index (κ1) is 22.6. The Hall–Kier alpha value is -2.59. The number of nitrogens with zero attached hydrogens (tertiary/aromatic N) is 4. The average Bonchev–Trinajstić information content (AvgIpc) is 3.49. The molecule has 1 atom stereocenters. The third-order valence-electron chi connectivity index (χ3n) is 6.26. The average molecular weight is 463 g/mol. The SMILES string of the molecule is COc1ccc(OC)c(C2CCN(C(=O)Cn3cnc(S(=O)(=O)N4CCCCC4)c3)C2)c1. The van der Waals surface area contributed by atoms with Gasteiger partial charge < -0.3 is 18.9 Å². The van der Waals surface area contributed by atoms with Crippen molar-refractivity contribution in [1.29, 1.82) is 0 Å². The van der Waals surface area contributed by atoms with E-state index in [0.29, 0.717) is 26.2 Å². The molecule has 0 spiro atoms. The van der Waals surface area contributed by atoms with E-state index in [1.54, 1.807) is 18.8 Å². The Balaban J connectivity index is 1.41. The lowest BCUT2D eigenvalue weighted by Gasteiger charge is -2.24. The molecular formula is C22H30N4O5S. The summed E-state index contributed by atoms with van der Waals surface area (Å²) in [5, 5.41) is 0.00705. The van der Waals surface area contributed by atoms with Gasteiger partial charge in [0.1, 0.15) is 18.0 Å². The van der Waals surface area contributed by atoms with Gasteiger partial charge in [-0.15, -0.1) is 0 Å². The fourth-order valence-electron chi connectivity index (χ4n) is 4.45. The first-order valence-electron chi connectivity index (χ1n) is 10.9. The first-order chi connectivity index (χ1) is 15.4. The van der Waals surface area contributed by atoms with Crippen LogP contribution in [0.2, 0.25) is 0 Å². The lowest BCUT2D eigenvalue weighted by molar-refractivity contribution is -0.130. The van der Waals surface area contributed by atoms with E-state index in [1.807, 2.05) is 23.1 Å². The number of benzene rings is 1. The first-order valence-corrected chi connectivity index (χ1v) is 12.4. The molecule has 2 fully saturated rings. The van der Waals surface area contributed by atoms with Crippen LogP contribution in [0, 0.1) is 0 Å². The van der Waals surface area contributed by atoms with Crippen LogP contribution < -0.4 is 9.47 Å². The maximum Gasteiger partial charge on any atom is 0.262 e. The Morgan fingerprint density at radius 3 is 2.62 bits per heavy atom. The van der Waals surface area contributed by atoms with Crippen LogP contribution in [0.5, 0.6) is 11.5 Å². The third-order valence-corrected chi connectivity index (χ3v) is 8.05. The number of piperidine rings is 1. The molecule has 2 aliphatic heterocycles. The van der Waals surface area contributed by atoms with Crippen molar-refractivity contribution in [2.75, 3.05) is 40.4 Å². The van der Waals surface area contributed by atoms with Crippen LogP contribution >= 0.6 is 0 Å². The number of sulfonamides is 1. The van der Waals surface area contributed by atoms with E-state index < -0.39 is 10.0 Å². The Morgan fingerprint density at radius 1 is 1.12 bits per heavy atom. The summed E-state index contributed by atoms with van der Waals surface area (Å²) in [4.78, 5) is 18.8. The van der Waals surface area contributed by atoms with Crippen LogP contribution in [0.4, 0.5) is 0 Å². The number of methoxy groups -OCH3 is 2. The minimum absolute atomic E-state index is 0.00705. The Morgan fingerprint density at radius 2 is 1.91 bits per heavy atom. The number of carbonyl (C=O) groups is 1. The van der Waals surface area contributed by atoms with Crippen molar-refractivity contribution in [1.82, 2.24) is 18.8 Å². The molecule has 9 nitrogen and oxygen atoms in total. The van der Waals surface area contributed by atoms with E-state index in [4.69, 9.17) is 9.47 Å². The van der Waals surface area contributed by atoms with E-state index in [1.165, 1.54) is 16.8 Å². The molecule has 1 amide bonds. The molecule has 0 N–H and O–H groups in total. The number of hydrogen-bond acceptors (Lipinski definition) is 6. The highest BCUT2D eigenvalue weighted by Crippen LogP contribution is 2.36. The highest BCUT2D eigenvalue weighted by atomic mass is 32.2. The maximum absolute atomic E-state index is 12.9. The van der Waals surface area contributed by atoms with Gasteiger partial charge >= 0.3 is 0 Å². The summed E-state index contributed by atoms with van der Waals surface area (Å²) >= 11 is 0. The van der Waals surface area contributed by atoms with E-state index in [0.717, 1.165) is 42.7 Å². The Bertz CT molecular complexity index is 1060. The summed E-state index contributed by atoms with van der Waals surface area (Å²) < 4.78 is 39.5. The Kier molecular flexibility index (Phi) is 6.71. The van der Waals surface area contributed by atoms with Crippen molar-refractivity contribution in [3.63, 3.8) is 0 Å². The standard InChI is InChI=1S/C22H30N4O5S/c1-30-18-6-7-20(31-2)19(12-18)17-8-11-25(13-17)22(27)15-24-14-21(23-16-24)32(28,29)26-9-4-3-5-10-26/h6-7,12,14,16-17H,3-5,8-11,13,15H2,1-2H3. The van der Waals surface area contributed by atoms with Crippen LogP contribution in [-0.2, 0) is 21.4 Å². The van der Waals surface area contributed by atoms with E-state index in [2.05, 4.69) is 4.98 Å². The summed E-state index contributed by atoms with van der Waals surface area (Å²) in [5.74, 6) is 1.63.